The molecule has 1 nitrogen and oxygen atoms in total. The lowest BCUT2D eigenvalue weighted by Gasteiger charge is -2.07. The molecular weight excluding hydrogens is 282 g/mol. The van der Waals surface area contributed by atoms with Gasteiger partial charge in [0.15, 0.2) is 0 Å². The lowest BCUT2D eigenvalue weighted by molar-refractivity contribution is -0.141. The average molecular weight is 296 g/mol. The van der Waals surface area contributed by atoms with Gasteiger partial charge in [-0.2, -0.15) is 13.2 Å². The summed E-state index contributed by atoms with van der Waals surface area (Å²) in [5.41, 5.74) is 1.37. The highest BCUT2D eigenvalue weighted by molar-refractivity contribution is 5.26. The Bertz CT molecular complexity index is 603. The number of alkyl halides is 3. The van der Waals surface area contributed by atoms with Crippen LogP contribution in [0.15, 0.2) is 36.5 Å². The molecule has 0 saturated heterocycles. The fraction of sp³-hybridized carbons (Fsp3) is 0.250. The number of nitrogens with zero attached hydrogens (tertiary/aromatic N) is 1. The van der Waals surface area contributed by atoms with Crippen LogP contribution in [0, 0.1) is 19.2 Å². The summed E-state index contributed by atoms with van der Waals surface area (Å²) in [7, 11) is 0. The molecule has 1 radical (unpaired) electrons. The molecule has 111 valence electrons. The van der Waals surface area contributed by atoms with Gasteiger partial charge in [0.2, 0.25) is 0 Å². The van der Waals surface area contributed by atoms with E-state index in [1.165, 1.54) is 18.3 Å². The van der Waals surface area contributed by atoms with Crippen LogP contribution in [-0.4, -0.2) is 4.98 Å². The van der Waals surface area contributed by atoms with E-state index in [2.05, 4.69) is 4.98 Å². The van der Waals surface area contributed by atoms with Crippen molar-refractivity contribution in [2.75, 3.05) is 0 Å². The lowest BCUT2D eigenvalue weighted by Crippen LogP contribution is -2.07. The molecule has 1 heterocycles. The van der Waals surface area contributed by atoms with Crippen molar-refractivity contribution in [1.29, 1.82) is 0 Å². The van der Waals surface area contributed by atoms with E-state index in [1.54, 1.807) is 19.1 Å². The van der Waals surface area contributed by atoms with E-state index in [0.717, 1.165) is 11.6 Å². The van der Waals surface area contributed by atoms with Crippen molar-refractivity contribution < 1.29 is 17.6 Å². The first-order valence-electron chi connectivity index (χ1n) is 6.45. The summed E-state index contributed by atoms with van der Waals surface area (Å²) in [6, 6.07) is 7.27. The number of hydrogen-bond acceptors (Lipinski definition) is 1. The Balaban J connectivity index is 1.90. The molecule has 2 aromatic rings. The molecule has 0 atom stereocenters. The third-order valence-electron chi connectivity index (χ3n) is 3.10. The molecule has 0 saturated carbocycles. The van der Waals surface area contributed by atoms with Crippen molar-refractivity contribution in [2.24, 2.45) is 0 Å². The summed E-state index contributed by atoms with van der Waals surface area (Å²) in [6.07, 6.45) is -0.107. The molecule has 0 N–H and O–H groups in total. The highest BCUT2D eigenvalue weighted by Gasteiger charge is 2.31. The van der Waals surface area contributed by atoms with Gasteiger partial charge in [0, 0.05) is 6.20 Å². The molecule has 0 aliphatic heterocycles. The van der Waals surface area contributed by atoms with Crippen LogP contribution in [0.3, 0.4) is 0 Å². The highest BCUT2D eigenvalue weighted by atomic mass is 19.4. The first-order chi connectivity index (χ1) is 9.86. The van der Waals surface area contributed by atoms with Gasteiger partial charge in [-0.3, -0.25) is 4.98 Å². The average Bonchev–Trinajstić information content (AvgIpc) is 2.42. The second-order valence-corrected chi connectivity index (χ2v) is 4.83. The van der Waals surface area contributed by atoms with Crippen LogP contribution in [-0.2, 0) is 19.0 Å². The second kappa shape index (κ2) is 6.24. The SMILES string of the molecule is Cc1cc(C[CH]Cc2ccc(C(F)(F)F)nc2)ccc1F. The Morgan fingerprint density at radius 1 is 1.05 bits per heavy atom. The topological polar surface area (TPSA) is 12.9 Å². The quantitative estimate of drug-likeness (QED) is 0.755. The number of aromatic nitrogens is 1. The standard InChI is InChI=1S/C16H14F4N/c1-11-9-12(5-7-14(11)17)3-2-4-13-6-8-15(21-10-13)16(18,19)20/h2,5-10H,3-4H2,1H3. The Kier molecular flexibility index (Phi) is 4.60. The molecule has 1 aromatic carbocycles. The number of aryl methyl sites for hydroxylation is 1. The van der Waals surface area contributed by atoms with Gasteiger partial charge >= 0.3 is 6.18 Å². The molecule has 0 unspecified atom stereocenters. The number of pyridine rings is 1. The zero-order valence-corrected chi connectivity index (χ0v) is 11.4. The van der Waals surface area contributed by atoms with Crippen LogP contribution < -0.4 is 0 Å². The van der Waals surface area contributed by atoms with Crippen LogP contribution in [0.1, 0.15) is 22.4 Å². The van der Waals surface area contributed by atoms with Crippen LogP contribution in [0.2, 0.25) is 0 Å². The molecule has 1 aromatic heterocycles. The first-order valence-corrected chi connectivity index (χ1v) is 6.45. The summed E-state index contributed by atoms with van der Waals surface area (Å²) < 4.78 is 50.2. The third-order valence-corrected chi connectivity index (χ3v) is 3.10. The zero-order valence-electron chi connectivity index (χ0n) is 11.4. The Hall–Kier alpha value is -1.91. The minimum atomic E-state index is -4.41. The summed E-state index contributed by atoms with van der Waals surface area (Å²) in [6.45, 7) is 1.69. The Labute approximate surface area is 120 Å². The van der Waals surface area contributed by atoms with E-state index in [-0.39, 0.29) is 5.82 Å². The summed E-state index contributed by atoms with van der Waals surface area (Å²) >= 11 is 0. The Morgan fingerprint density at radius 3 is 2.29 bits per heavy atom. The molecule has 0 fully saturated rings. The fourth-order valence-electron chi connectivity index (χ4n) is 1.95. The van der Waals surface area contributed by atoms with Gasteiger partial charge in [-0.25, -0.2) is 4.39 Å². The van der Waals surface area contributed by atoms with Gasteiger partial charge in [0.05, 0.1) is 0 Å². The van der Waals surface area contributed by atoms with E-state index in [9.17, 15) is 17.6 Å². The number of halogens is 4. The van der Waals surface area contributed by atoms with E-state index < -0.39 is 11.9 Å². The molecule has 2 rings (SSSR count). The molecule has 0 amide bonds. The lowest BCUT2D eigenvalue weighted by atomic mass is 10.0. The smallest absolute Gasteiger partial charge is 0.252 e. The Morgan fingerprint density at radius 2 is 1.71 bits per heavy atom. The van der Waals surface area contributed by atoms with Crippen molar-refractivity contribution in [3.8, 4) is 0 Å². The summed E-state index contributed by atoms with van der Waals surface area (Å²) in [5, 5.41) is 0. The molecule has 0 bridgehead atoms. The summed E-state index contributed by atoms with van der Waals surface area (Å²) in [5.74, 6) is -0.245. The van der Waals surface area contributed by atoms with Crippen LogP contribution >= 0.6 is 0 Å². The van der Waals surface area contributed by atoms with E-state index >= 15 is 0 Å². The van der Waals surface area contributed by atoms with Crippen molar-refractivity contribution in [1.82, 2.24) is 4.98 Å². The van der Waals surface area contributed by atoms with Crippen LogP contribution in [0.5, 0.6) is 0 Å². The first kappa shape index (κ1) is 15.5. The van der Waals surface area contributed by atoms with Crippen LogP contribution in [0.25, 0.3) is 0 Å². The van der Waals surface area contributed by atoms with Crippen molar-refractivity contribution in [2.45, 2.75) is 25.9 Å². The van der Waals surface area contributed by atoms with Crippen molar-refractivity contribution in [3.05, 3.63) is 71.2 Å². The van der Waals surface area contributed by atoms with E-state index in [0.29, 0.717) is 24.0 Å². The number of benzene rings is 1. The van der Waals surface area contributed by atoms with Gasteiger partial charge in [0.25, 0.3) is 0 Å². The third kappa shape index (κ3) is 4.28. The van der Waals surface area contributed by atoms with Crippen molar-refractivity contribution >= 4 is 0 Å². The normalized spacial score (nSPS) is 11.7. The van der Waals surface area contributed by atoms with E-state index in [4.69, 9.17) is 0 Å². The zero-order chi connectivity index (χ0) is 15.5. The largest absolute Gasteiger partial charge is 0.433 e. The molecule has 0 aliphatic rings. The molecular formula is C16H14F4N. The minimum absolute atomic E-state index is 0.245. The van der Waals surface area contributed by atoms with Gasteiger partial charge in [-0.15, -0.1) is 0 Å². The predicted octanol–water partition coefficient (Wildman–Crippen LogP) is 4.54. The second-order valence-electron chi connectivity index (χ2n) is 4.83. The predicted molar refractivity (Wildman–Crippen MR) is 72.1 cm³/mol. The fourth-order valence-corrected chi connectivity index (χ4v) is 1.95. The van der Waals surface area contributed by atoms with Gasteiger partial charge < -0.3 is 0 Å². The maximum Gasteiger partial charge on any atom is 0.433 e. The molecule has 0 spiro atoms. The van der Waals surface area contributed by atoms with Gasteiger partial charge in [-0.05, 0) is 55.0 Å². The maximum atomic E-state index is 13.1. The monoisotopic (exact) mass is 296 g/mol. The molecule has 21 heavy (non-hydrogen) atoms. The number of rotatable bonds is 4. The number of hydrogen-bond donors (Lipinski definition) is 0. The van der Waals surface area contributed by atoms with Gasteiger partial charge in [0.1, 0.15) is 11.5 Å². The summed E-state index contributed by atoms with van der Waals surface area (Å²) in [4.78, 5) is 3.41. The molecule has 0 aliphatic carbocycles. The van der Waals surface area contributed by atoms with Crippen molar-refractivity contribution in [3.63, 3.8) is 0 Å². The van der Waals surface area contributed by atoms with Gasteiger partial charge in [-0.1, -0.05) is 18.2 Å². The highest BCUT2D eigenvalue weighted by Crippen LogP contribution is 2.27. The maximum absolute atomic E-state index is 13.1. The van der Waals surface area contributed by atoms with E-state index in [1.807, 2.05) is 6.42 Å². The van der Waals surface area contributed by atoms with Crippen LogP contribution in [0.4, 0.5) is 17.6 Å². The molecule has 5 heteroatoms. The minimum Gasteiger partial charge on any atom is -0.252 e.